The fourth-order valence-corrected chi connectivity index (χ4v) is 4.05. The summed E-state index contributed by atoms with van der Waals surface area (Å²) in [5.74, 6) is 2.01. The summed E-state index contributed by atoms with van der Waals surface area (Å²) >= 11 is 1.66. The summed E-state index contributed by atoms with van der Waals surface area (Å²) in [4.78, 5) is 12.2. The molecule has 2 aromatic heterocycles. The molecule has 5 nitrogen and oxygen atoms in total. The number of nitrogens with one attached hydrogen (secondary N) is 1. The second kappa shape index (κ2) is 7.83. The third kappa shape index (κ3) is 3.85. The van der Waals surface area contributed by atoms with Crippen molar-refractivity contribution in [2.24, 2.45) is 0 Å². The Labute approximate surface area is 157 Å². The highest BCUT2D eigenvalue weighted by atomic mass is 32.1. The lowest BCUT2D eigenvalue weighted by Crippen LogP contribution is -2.12. The quantitative estimate of drug-likeness (QED) is 0.732. The second-order valence-corrected chi connectivity index (χ2v) is 7.44. The molecule has 1 amide bonds. The van der Waals surface area contributed by atoms with Crippen LogP contribution in [0.15, 0.2) is 41.1 Å². The van der Waals surface area contributed by atoms with Crippen molar-refractivity contribution in [3.05, 3.63) is 52.5 Å². The van der Waals surface area contributed by atoms with Crippen molar-refractivity contribution < 1.29 is 4.79 Å². The Bertz CT molecular complexity index is 885. The SMILES string of the molecule is O=C(CCc1ccsc1)Nc1cccc(-c2nnc3n2CCCCC3)c1. The van der Waals surface area contributed by atoms with E-state index >= 15 is 0 Å². The number of nitrogens with zero attached hydrogens (tertiary/aromatic N) is 3. The molecule has 1 aliphatic rings. The van der Waals surface area contributed by atoms with Gasteiger partial charge in [0, 0.05) is 30.6 Å². The lowest BCUT2D eigenvalue weighted by Gasteiger charge is -2.09. The third-order valence-electron chi connectivity index (χ3n) is 4.73. The number of carbonyl (C=O) groups excluding carboxylic acids is 1. The number of hydrogen-bond donors (Lipinski definition) is 1. The van der Waals surface area contributed by atoms with E-state index in [2.05, 4.69) is 31.5 Å². The number of anilines is 1. The molecule has 0 bridgehead atoms. The first-order valence-electron chi connectivity index (χ1n) is 9.13. The van der Waals surface area contributed by atoms with Gasteiger partial charge in [-0.2, -0.15) is 11.3 Å². The average molecular weight is 366 g/mol. The van der Waals surface area contributed by atoms with Crippen molar-refractivity contribution in [2.45, 2.75) is 45.1 Å². The number of aryl methyl sites for hydroxylation is 2. The molecule has 1 N–H and O–H groups in total. The van der Waals surface area contributed by atoms with E-state index in [-0.39, 0.29) is 5.91 Å². The Morgan fingerprint density at radius 2 is 2.15 bits per heavy atom. The summed E-state index contributed by atoms with van der Waals surface area (Å²) < 4.78 is 2.23. The van der Waals surface area contributed by atoms with Gasteiger partial charge in [0.05, 0.1) is 0 Å². The second-order valence-electron chi connectivity index (χ2n) is 6.66. The number of aromatic nitrogens is 3. The molecule has 0 unspecified atom stereocenters. The Kier molecular flexibility index (Phi) is 5.11. The van der Waals surface area contributed by atoms with E-state index in [1.165, 1.54) is 18.4 Å². The molecule has 134 valence electrons. The standard InChI is InChI=1S/C20H22N4OS/c25-19(9-8-15-10-12-26-14-15)21-17-6-4-5-16(13-17)20-23-22-18-7-2-1-3-11-24(18)20/h4-6,10,12-14H,1-3,7-9,11H2,(H,21,25). The van der Waals surface area contributed by atoms with Crippen LogP contribution in [0.4, 0.5) is 5.69 Å². The van der Waals surface area contributed by atoms with Crippen molar-refractivity contribution in [1.82, 2.24) is 14.8 Å². The Balaban J connectivity index is 1.47. The van der Waals surface area contributed by atoms with Gasteiger partial charge in [0.1, 0.15) is 5.82 Å². The lowest BCUT2D eigenvalue weighted by atomic mass is 10.1. The third-order valence-corrected chi connectivity index (χ3v) is 5.47. The van der Waals surface area contributed by atoms with Crippen LogP contribution in [0.25, 0.3) is 11.4 Å². The van der Waals surface area contributed by atoms with Crippen molar-refractivity contribution in [3.63, 3.8) is 0 Å². The van der Waals surface area contributed by atoms with Crippen LogP contribution >= 0.6 is 11.3 Å². The number of thiophene rings is 1. The summed E-state index contributed by atoms with van der Waals surface area (Å²) in [6.45, 7) is 0.967. The summed E-state index contributed by atoms with van der Waals surface area (Å²) in [6, 6.07) is 9.97. The number of carbonyl (C=O) groups is 1. The zero-order valence-electron chi connectivity index (χ0n) is 14.6. The van der Waals surface area contributed by atoms with Gasteiger partial charge in [-0.1, -0.05) is 18.6 Å². The van der Waals surface area contributed by atoms with Crippen LogP contribution in [0.5, 0.6) is 0 Å². The Hall–Kier alpha value is -2.47. The van der Waals surface area contributed by atoms with E-state index in [1.807, 2.05) is 29.6 Å². The van der Waals surface area contributed by atoms with Crippen molar-refractivity contribution >= 4 is 22.9 Å². The maximum absolute atomic E-state index is 12.2. The van der Waals surface area contributed by atoms with Crippen molar-refractivity contribution in [1.29, 1.82) is 0 Å². The molecule has 0 spiro atoms. The van der Waals surface area contributed by atoms with Gasteiger partial charge in [-0.05, 0) is 53.8 Å². The molecular weight excluding hydrogens is 344 g/mol. The van der Waals surface area contributed by atoms with E-state index in [1.54, 1.807) is 11.3 Å². The molecule has 4 rings (SSSR count). The minimum Gasteiger partial charge on any atom is -0.326 e. The highest BCUT2D eigenvalue weighted by Crippen LogP contribution is 2.25. The summed E-state index contributed by atoms with van der Waals surface area (Å²) in [6.07, 6.45) is 5.83. The zero-order valence-corrected chi connectivity index (χ0v) is 15.5. The van der Waals surface area contributed by atoms with Gasteiger partial charge in [-0.3, -0.25) is 4.79 Å². The van der Waals surface area contributed by atoms with Crippen LogP contribution in [0.2, 0.25) is 0 Å². The van der Waals surface area contributed by atoms with Crippen molar-refractivity contribution in [2.75, 3.05) is 5.32 Å². The first kappa shape index (κ1) is 17.0. The van der Waals surface area contributed by atoms with Gasteiger partial charge in [0.15, 0.2) is 5.82 Å². The smallest absolute Gasteiger partial charge is 0.224 e. The first-order chi connectivity index (χ1) is 12.8. The predicted octanol–water partition coefficient (Wildman–Crippen LogP) is 4.30. The predicted molar refractivity (Wildman–Crippen MR) is 104 cm³/mol. The minimum atomic E-state index is 0.0356. The lowest BCUT2D eigenvalue weighted by molar-refractivity contribution is -0.116. The minimum absolute atomic E-state index is 0.0356. The molecular formula is C20H22N4OS. The van der Waals surface area contributed by atoms with E-state index < -0.39 is 0 Å². The molecule has 6 heteroatoms. The maximum atomic E-state index is 12.2. The molecule has 0 saturated carbocycles. The van der Waals surface area contributed by atoms with Crippen LogP contribution in [-0.4, -0.2) is 20.7 Å². The summed E-state index contributed by atoms with van der Waals surface area (Å²) in [5.41, 5.74) is 3.02. The normalized spacial score (nSPS) is 13.8. The van der Waals surface area contributed by atoms with Gasteiger partial charge in [-0.25, -0.2) is 0 Å². The van der Waals surface area contributed by atoms with Gasteiger partial charge >= 0.3 is 0 Å². The molecule has 26 heavy (non-hydrogen) atoms. The molecule has 0 atom stereocenters. The summed E-state index contributed by atoms with van der Waals surface area (Å²) in [5, 5.41) is 15.9. The van der Waals surface area contributed by atoms with E-state index in [0.717, 1.165) is 48.7 Å². The number of amides is 1. The molecule has 0 fully saturated rings. The monoisotopic (exact) mass is 366 g/mol. The van der Waals surface area contributed by atoms with Crippen LogP contribution in [-0.2, 0) is 24.2 Å². The molecule has 0 radical (unpaired) electrons. The molecule has 1 aromatic carbocycles. The highest BCUT2D eigenvalue weighted by Gasteiger charge is 2.16. The topological polar surface area (TPSA) is 59.8 Å². The molecule has 3 aromatic rings. The maximum Gasteiger partial charge on any atom is 0.224 e. The largest absolute Gasteiger partial charge is 0.326 e. The van der Waals surface area contributed by atoms with Gasteiger partial charge in [0.2, 0.25) is 5.91 Å². The van der Waals surface area contributed by atoms with Crippen molar-refractivity contribution in [3.8, 4) is 11.4 Å². The van der Waals surface area contributed by atoms with Gasteiger partial charge in [0.25, 0.3) is 0 Å². The Morgan fingerprint density at radius 1 is 1.19 bits per heavy atom. The summed E-state index contributed by atoms with van der Waals surface area (Å²) in [7, 11) is 0. The van der Waals surface area contributed by atoms with Crippen LogP contribution in [0, 0.1) is 0 Å². The molecule has 0 saturated heterocycles. The van der Waals surface area contributed by atoms with Crippen LogP contribution in [0.3, 0.4) is 0 Å². The number of benzene rings is 1. The number of fused-ring (bicyclic) bond motifs is 1. The zero-order chi connectivity index (χ0) is 17.8. The average Bonchev–Trinajstić information content (AvgIpc) is 3.25. The van der Waals surface area contributed by atoms with E-state index in [9.17, 15) is 4.79 Å². The van der Waals surface area contributed by atoms with Crippen LogP contribution < -0.4 is 5.32 Å². The van der Waals surface area contributed by atoms with Gasteiger partial charge in [-0.15, -0.1) is 10.2 Å². The first-order valence-corrected chi connectivity index (χ1v) is 10.1. The molecule has 3 heterocycles. The number of rotatable bonds is 5. The fourth-order valence-electron chi connectivity index (χ4n) is 3.35. The number of hydrogen-bond acceptors (Lipinski definition) is 4. The highest BCUT2D eigenvalue weighted by molar-refractivity contribution is 7.07. The van der Waals surface area contributed by atoms with Gasteiger partial charge < -0.3 is 9.88 Å². The fraction of sp³-hybridized carbons (Fsp3) is 0.350. The van der Waals surface area contributed by atoms with E-state index in [4.69, 9.17) is 0 Å². The molecule has 0 aliphatic carbocycles. The molecule has 1 aliphatic heterocycles. The Morgan fingerprint density at radius 3 is 3.04 bits per heavy atom. The van der Waals surface area contributed by atoms with Crippen LogP contribution in [0.1, 0.15) is 37.1 Å². The van der Waals surface area contributed by atoms with E-state index in [0.29, 0.717) is 6.42 Å².